The highest BCUT2D eigenvalue weighted by Crippen LogP contribution is 2.34. The molecular formula is C17H30N2O2. The number of piperazine rings is 1. The lowest BCUT2D eigenvalue weighted by Crippen LogP contribution is -2.47. The Bertz CT molecular complexity index is 391. The van der Waals surface area contributed by atoms with Crippen LogP contribution in [0.2, 0.25) is 0 Å². The molecule has 0 amide bonds. The molecule has 0 radical (unpaired) electrons. The van der Waals surface area contributed by atoms with E-state index < -0.39 is 0 Å². The summed E-state index contributed by atoms with van der Waals surface area (Å²) in [7, 11) is 0. The lowest BCUT2D eigenvalue weighted by atomic mass is 9.88. The fourth-order valence-electron chi connectivity index (χ4n) is 3.30. The van der Waals surface area contributed by atoms with Crippen molar-refractivity contribution < 1.29 is 9.84 Å². The predicted molar refractivity (Wildman–Crippen MR) is 85.2 cm³/mol. The summed E-state index contributed by atoms with van der Waals surface area (Å²) < 4.78 is 6.17. The van der Waals surface area contributed by atoms with Crippen molar-refractivity contribution in [1.29, 1.82) is 0 Å². The summed E-state index contributed by atoms with van der Waals surface area (Å²) in [6.07, 6.45) is 3.35. The second-order valence-electron chi connectivity index (χ2n) is 7.09. The highest BCUT2D eigenvalue weighted by atomic mass is 16.5. The number of β-amino-alcohol motifs (C(OH)–C–C–N with tert-alkyl or cyclic N) is 1. The van der Waals surface area contributed by atoms with Crippen LogP contribution in [0, 0.1) is 11.8 Å². The molecule has 21 heavy (non-hydrogen) atoms. The molecule has 1 N–H and O–H groups in total. The molecule has 0 spiro atoms. The highest BCUT2D eigenvalue weighted by Gasteiger charge is 2.35. The first-order chi connectivity index (χ1) is 9.92. The van der Waals surface area contributed by atoms with Crippen LogP contribution in [0.25, 0.3) is 0 Å². The smallest absolute Gasteiger partial charge is 0.126 e. The van der Waals surface area contributed by atoms with Crippen molar-refractivity contribution in [2.75, 3.05) is 45.9 Å². The number of rotatable bonds is 3. The van der Waals surface area contributed by atoms with Crippen LogP contribution >= 0.6 is 0 Å². The molecule has 0 bridgehead atoms. The molecule has 0 unspecified atom stereocenters. The van der Waals surface area contributed by atoms with Crippen LogP contribution in [0.5, 0.6) is 0 Å². The largest absolute Gasteiger partial charge is 0.395 e. The van der Waals surface area contributed by atoms with Gasteiger partial charge in [-0.15, -0.1) is 0 Å². The zero-order chi connectivity index (χ0) is 15.3. The van der Waals surface area contributed by atoms with Crippen molar-refractivity contribution in [2.24, 2.45) is 0 Å². The summed E-state index contributed by atoms with van der Waals surface area (Å²) >= 11 is 0. The van der Waals surface area contributed by atoms with Gasteiger partial charge in [0.2, 0.25) is 0 Å². The van der Waals surface area contributed by atoms with Gasteiger partial charge in [0.15, 0.2) is 0 Å². The molecule has 2 fully saturated rings. The molecule has 4 heteroatoms. The monoisotopic (exact) mass is 294 g/mol. The maximum absolute atomic E-state index is 8.95. The average molecular weight is 294 g/mol. The number of aliphatic hydroxyl groups excluding tert-OH is 1. The van der Waals surface area contributed by atoms with Crippen LogP contribution in [-0.4, -0.2) is 72.0 Å². The molecule has 120 valence electrons. The first-order valence-electron chi connectivity index (χ1n) is 8.18. The van der Waals surface area contributed by atoms with Crippen molar-refractivity contribution in [3.8, 4) is 11.8 Å². The summed E-state index contributed by atoms with van der Waals surface area (Å²) in [4.78, 5) is 4.69. The van der Waals surface area contributed by atoms with E-state index >= 15 is 0 Å². The Balaban J connectivity index is 1.79. The molecule has 1 atom stereocenters. The van der Waals surface area contributed by atoms with Gasteiger partial charge in [0, 0.05) is 32.7 Å². The third-order valence-electron chi connectivity index (χ3n) is 4.47. The minimum absolute atomic E-state index is 0.0440. The van der Waals surface area contributed by atoms with E-state index in [4.69, 9.17) is 9.84 Å². The van der Waals surface area contributed by atoms with Crippen LogP contribution in [0.3, 0.4) is 0 Å². The summed E-state index contributed by atoms with van der Waals surface area (Å²) in [5.74, 6) is 6.70. The second kappa shape index (κ2) is 7.11. The van der Waals surface area contributed by atoms with Crippen LogP contribution < -0.4 is 0 Å². The molecular weight excluding hydrogens is 264 g/mol. The Kier molecular flexibility index (Phi) is 5.67. The van der Waals surface area contributed by atoms with Crippen molar-refractivity contribution >= 4 is 0 Å². The van der Waals surface area contributed by atoms with E-state index in [9.17, 15) is 0 Å². The molecule has 2 aliphatic heterocycles. The number of aliphatic hydroxyl groups is 1. The van der Waals surface area contributed by atoms with Crippen molar-refractivity contribution in [2.45, 2.75) is 51.2 Å². The summed E-state index contributed by atoms with van der Waals surface area (Å²) in [5.41, 5.74) is -0.321. The maximum Gasteiger partial charge on any atom is 0.126 e. The van der Waals surface area contributed by atoms with E-state index in [1.165, 1.54) is 6.42 Å². The van der Waals surface area contributed by atoms with Crippen LogP contribution in [-0.2, 0) is 4.74 Å². The van der Waals surface area contributed by atoms with E-state index in [0.29, 0.717) is 0 Å². The van der Waals surface area contributed by atoms with E-state index in [2.05, 4.69) is 42.4 Å². The summed E-state index contributed by atoms with van der Waals surface area (Å²) in [5, 5.41) is 8.95. The van der Waals surface area contributed by atoms with Crippen molar-refractivity contribution in [1.82, 2.24) is 9.80 Å². The molecule has 2 heterocycles. The molecule has 0 aromatic rings. The average Bonchev–Trinajstić information content (AvgIpc) is 2.39. The van der Waals surface area contributed by atoms with Crippen LogP contribution in [0.4, 0.5) is 0 Å². The van der Waals surface area contributed by atoms with Gasteiger partial charge in [0.25, 0.3) is 0 Å². The first-order valence-corrected chi connectivity index (χ1v) is 8.18. The molecule has 2 rings (SSSR count). The Hall–Kier alpha value is -0.600. The standard InChI is InChI=1S/C17H30N2O2/c1-16(2)6-4-7-17(3,21-16)8-5-9-18-10-12-19(13-11-18)14-15-20/h20H,4,6-7,9-15H2,1-3H3/t17-/m1/s1. The summed E-state index contributed by atoms with van der Waals surface area (Å²) in [6, 6.07) is 0. The van der Waals surface area contributed by atoms with E-state index in [1.807, 2.05) is 0 Å². The highest BCUT2D eigenvalue weighted by molar-refractivity contribution is 5.15. The Morgan fingerprint density at radius 3 is 2.33 bits per heavy atom. The Morgan fingerprint density at radius 2 is 1.71 bits per heavy atom. The van der Waals surface area contributed by atoms with Gasteiger partial charge >= 0.3 is 0 Å². The molecule has 2 saturated heterocycles. The molecule has 0 aliphatic carbocycles. The number of nitrogens with zero attached hydrogens (tertiary/aromatic N) is 2. The van der Waals surface area contributed by atoms with Crippen molar-refractivity contribution in [3.63, 3.8) is 0 Å². The second-order valence-corrected chi connectivity index (χ2v) is 7.09. The van der Waals surface area contributed by atoms with Gasteiger partial charge in [-0.2, -0.15) is 0 Å². The van der Waals surface area contributed by atoms with Gasteiger partial charge in [-0.25, -0.2) is 0 Å². The maximum atomic E-state index is 8.95. The van der Waals surface area contributed by atoms with Gasteiger partial charge in [-0.1, -0.05) is 11.8 Å². The lowest BCUT2D eigenvalue weighted by Gasteiger charge is -2.40. The third kappa shape index (κ3) is 5.27. The van der Waals surface area contributed by atoms with Gasteiger partial charge in [0.1, 0.15) is 5.60 Å². The number of ether oxygens (including phenoxy) is 1. The minimum atomic E-state index is -0.277. The Morgan fingerprint density at radius 1 is 1.05 bits per heavy atom. The molecule has 0 aromatic heterocycles. The van der Waals surface area contributed by atoms with Gasteiger partial charge in [-0.3, -0.25) is 9.80 Å². The van der Waals surface area contributed by atoms with Gasteiger partial charge in [0.05, 0.1) is 18.8 Å². The molecule has 0 saturated carbocycles. The van der Waals surface area contributed by atoms with Crippen LogP contribution in [0.15, 0.2) is 0 Å². The Labute approximate surface area is 129 Å². The number of hydrogen-bond acceptors (Lipinski definition) is 4. The molecule has 4 nitrogen and oxygen atoms in total. The van der Waals surface area contributed by atoms with Crippen molar-refractivity contribution in [3.05, 3.63) is 0 Å². The number of hydrogen-bond donors (Lipinski definition) is 1. The van der Waals surface area contributed by atoms with E-state index in [0.717, 1.165) is 52.1 Å². The topological polar surface area (TPSA) is 35.9 Å². The van der Waals surface area contributed by atoms with E-state index in [-0.39, 0.29) is 17.8 Å². The lowest BCUT2D eigenvalue weighted by molar-refractivity contribution is -0.135. The minimum Gasteiger partial charge on any atom is -0.395 e. The zero-order valence-corrected chi connectivity index (χ0v) is 13.8. The quantitative estimate of drug-likeness (QED) is 0.797. The molecule has 2 aliphatic rings. The van der Waals surface area contributed by atoms with Crippen LogP contribution in [0.1, 0.15) is 40.0 Å². The predicted octanol–water partition coefficient (Wildman–Crippen LogP) is 1.34. The van der Waals surface area contributed by atoms with E-state index in [1.54, 1.807) is 0 Å². The molecule has 0 aromatic carbocycles. The fraction of sp³-hybridized carbons (Fsp3) is 0.882. The van der Waals surface area contributed by atoms with Gasteiger partial charge < -0.3 is 9.84 Å². The third-order valence-corrected chi connectivity index (χ3v) is 4.47. The van der Waals surface area contributed by atoms with Gasteiger partial charge in [-0.05, 0) is 40.0 Å². The summed E-state index contributed by atoms with van der Waals surface area (Å²) in [6.45, 7) is 12.5. The SMILES string of the molecule is CC1(C)CCC[C@](C)(C#CCN2CCN(CCO)CC2)O1. The normalized spacial score (nSPS) is 30.7. The fourth-order valence-corrected chi connectivity index (χ4v) is 3.30. The first kappa shape index (κ1) is 16.8. The zero-order valence-electron chi connectivity index (χ0n) is 13.8.